The van der Waals surface area contributed by atoms with Gasteiger partial charge in [-0.2, -0.15) is 0 Å². The summed E-state index contributed by atoms with van der Waals surface area (Å²) >= 11 is 9.85. The monoisotopic (exact) mass is 359 g/mol. The van der Waals surface area contributed by atoms with Gasteiger partial charge in [0.05, 0.1) is 15.9 Å². The van der Waals surface area contributed by atoms with Crippen LogP contribution in [-0.2, 0) is 0 Å². The molecule has 0 aliphatic carbocycles. The maximum absolute atomic E-state index is 6.38. The summed E-state index contributed by atoms with van der Waals surface area (Å²) in [5.74, 6) is 0.855. The molecule has 2 nitrogen and oxygen atoms in total. The third kappa shape index (κ3) is 2.71. The van der Waals surface area contributed by atoms with E-state index >= 15 is 0 Å². The second-order valence-corrected chi connectivity index (χ2v) is 12.3. The Bertz CT molecular complexity index is 616. The molecule has 0 aliphatic heterocycles. The van der Waals surface area contributed by atoms with Crippen molar-refractivity contribution in [3.05, 3.63) is 27.8 Å². The van der Waals surface area contributed by atoms with Crippen LogP contribution < -0.4 is 4.43 Å². The molecule has 5 heteroatoms. The zero-order chi connectivity index (χ0) is 14.4. The van der Waals surface area contributed by atoms with E-state index in [1.807, 2.05) is 18.3 Å². The molecule has 0 unspecified atom stereocenters. The van der Waals surface area contributed by atoms with Crippen molar-refractivity contribution in [1.82, 2.24) is 4.98 Å². The van der Waals surface area contributed by atoms with Crippen LogP contribution in [-0.4, -0.2) is 13.3 Å². The highest BCUT2D eigenvalue weighted by atomic mass is 79.9. The van der Waals surface area contributed by atoms with Crippen molar-refractivity contribution in [3.8, 4) is 5.75 Å². The summed E-state index contributed by atoms with van der Waals surface area (Å²) in [4.78, 5) is 3.22. The highest BCUT2D eigenvalue weighted by Gasteiger charge is 2.39. The Kier molecular flexibility index (Phi) is 3.80. The molecule has 0 radical (unpaired) electrons. The highest BCUT2D eigenvalue weighted by Crippen LogP contribution is 2.42. The van der Waals surface area contributed by atoms with Crippen LogP contribution in [0.25, 0.3) is 10.9 Å². The fourth-order valence-corrected chi connectivity index (χ4v) is 3.24. The minimum absolute atomic E-state index is 0.162. The van der Waals surface area contributed by atoms with E-state index in [1.54, 1.807) is 0 Å². The average Bonchev–Trinajstić information content (AvgIpc) is 2.65. The van der Waals surface area contributed by atoms with Gasteiger partial charge in [-0.3, -0.25) is 0 Å². The Labute approximate surface area is 128 Å². The molecule has 0 aliphatic rings. The van der Waals surface area contributed by atoms with E-state index in [4.69, 9.17) is 16.0 Å². The summed E-state index contributed by atoms with van der Waals surface area (Å²) in [5.41, 5.74) is 1.00. The van der Waals surface area contributed by atoms with Crippen LogP contribution in [0.4, 0.5) is 0 Å². The maximum atomic E-state index is 6.38. The Balaban J connectivity index is 2.50. The Morgan fingerprint density at radius 3 is 2.47 bits per heavy atom. The van der Waals surface area contributed by atoms with E-state index < -0.39 is 8.32 Å². The van der Waals surface area contributed by atoms with Gasteiger partial charge in [-0.1, -0.05) is 32.4 Å². The molecule has 19 heavy (non-hydrogen) atoms. The first-order valence-corrected chi connectivity index (χ1v) is 10.4. The van der Waals surface area contributed by atoms with Crippen LogP contribution in [0.2, 0.25) is 23.2 Å². The van der Waals surface area contributed by atoms with Crippen LogP contribution in [0.1, 0.15) is 20.8 Å². The standard InChI is InChI=1S/C14H19BrClNOSi/c1-14(2,3)19(4,5)18-11-8-17-10-7-6-9(15)13(16)12(10)11/h6-8,17H,1-5H3. The summed E-state index contributed by atoms with van der Waals surface area (Å²) in [7, 11) is -1.86. The fraction of sp³-hybridized carbons (Fsp3) is 0.429. The summed E-state index contributed by atoms with van der Waals surface area (Å²) in [6.07, 6.45) is 1.91. The lowest BCUT2D eigenvalue weighted by molar-refractivity contribution is 0.496. The van der Waals surface area contributed by atoms with Crippen molar-refractivity contribution in [2.75, 3.05) is 0 Å². The van der Waals surface area contributed by atoms with Crippen molar-refractivity contribution >= 4 is 46.8 Å². The molecule has 0 amide bonds. The smallest absolute Gasteiger partial charge is 0.250 e. The van der Waals surface area contributed by atoms with Gasteiger partial charge >= 0.3 is 0 Å². The zero-order valence-corrected chi connectivity index (χ0v) is 15.2. The van der Waals surface area contributed by atoms with Crippen LogP contribution in [0.3, 0.4) is 0 Å². The van der Waals surface area contributed by atoms with E-state index in [0.29, 0.717) is 5.02 Å². The number of H-pyrrole nitrogens is 1. The van der Waals surface area contributed by atoms with Gasteiger partial charge in [-0.25, -0.2) is 0 Å². The summed E-state index contributed by atoms with van der Waals surface area (Å²) in [6.45, 7) is 11.2. The first-order chi connectivity index (χ1) is 8.63. The van der Waals surface area contributed by atoms with Gasteiger partial charge in [0.1, 0.15) is 5.75 Å². The number of fused-ring (bicyclic) bond motifs is 1. The van der Waals surface area contributed by atoms with Gasteiger partial charge in [-0.15, -0.1) is 0 Å². The Morgan fingerprint density at radius 1 is 1.26 bits per heavy atom. The molecule has 2 aromatic rings. The van der Waals surface area contributed by atoms with Crippen molar-refractivity contribution in [2.45, 2.75) is 38.9 Å². The number of hydrogen-bond donors (Lipinski definition) is 1. The largest absolute Gasteiger partial charge is 0.542 e. The van der Waals surface area contributed by atoms with Crippen molar-refractivity contribution in [1.29, 1.82) is 0 Å². The second-order valence-electron chi connectivity index (χ2n) is 6.30. The first kappa shape index (κ1) is 14.9. The molecule has 0 saturated heterocycles. The summed E-state index contributed by atoms with van der Waals surface area (Å²) < 4.78 is 7.25. The molecule has 1 aromatic heterocycles. The highest BCUT2D eigenvalue weighted by molar-refractivity contribution is 9.10. The predicted octanol–water partition coefficient (Wildman–Crippen LogP) is 5.97. The number of rotatable bonds is 2. The van der Waals surface area contributed by atoms with E-state index in [0.717, 1.165) is 21.1 Å². The third-order valence-electron chi connectivity index (χ3n) is 3.87. The number of aromatic amines is 1. The minimum atomic E-state index is -1.86. The van der Waals surface area contributed by atoms with Gasteiger partial charge in [-0.05, 0) is 46.2 Å². The van der Waals surface area contributed by atoms with E-state index in [2.05, 4.69) is 54.8 Å². The van der Waals surface area contributed by atoms with E-state index in [9.17, 15) is 0 Å². The molecule has 104 valence electrons. The summed E-state index contributed by atoms with van der Waals surface area (Å²) in [6, 6.07) is 3.95. The normalized spacial score (nSPS) is 13.0. The molecule has 1 heterocycles. The van der Waals surface area contributed by atoms with Gasteiger partial charge < -0.3 is 9.41 Å². The minimum Gasteiger partial charge on any atom is -0.542 e. The number of aromatic nitrogens is 1. The number of hydrogen-bond acceptors (Lipinski definition) is 1. The summed E-state index contributed by atoms with van der Waals surface area (Å²) in [5, 5.41) is 1.82. The molecule has 0 bridgehead atoms. The average molecular weight is 361 g/mol. The molecule has 0 spiro atoms. The van der Waals surface area contributed by atoms with Gasteiger partial charge in [0, 0.05) is 10.7 Å². The second kappa shape index (κ2) is 4.83. The van der Waals surface area contributed by atoms with Crippen LogP contribution in [0.15, 0.2) is 22.8 Å². The number of halogens is 2. The molecule has 1 N–H and O–H groups in total. The molecule has 1 aromatic carbocycles. The SMILES string of the molecule is CC(C)(C)[Si](C)(C)Oc1c[nH]c2ccc(Br)c(Cl)c12. The predicted molar refractivity (Wildman–Crippen MR) is 88.8 cm³/mol. The van der Waals surface area contributed by atoms with Crippen molar-refractivity contribution in [2.24, 2.45) is 0 Å². The molecule has 0 fully saturated rings. The lowest BCUT2D eigenvalue weighted by atomic mass is 10.2. The van der Waals surface area contributed by atoms with Crippen LogP contribution in [0, 0.1) is 0 Å². The van der Waals surface area contributed by atoms with Crippen LogP contribution >= 0.6 is 27.5 Å². The zero-order valence-electron chi connectivity index (χ0n) is 11.9. The quantitative estimate of drug-likeness (QED) is 0.656. The molecule has 2 rings (SSSR count). The fourth-order valence-electron chi connectivity index (χ4n) is 1.64. The first-order valence-electron chi connectivity index (χ1n) is 6.27. The number of nitrogens with one attached hydrogen (secondary N) is 1. The lowest BCUT2D eigenvalue weighted by Gasteiger charge is -2.36. The number of benzene rings is 1. The molecule has 0 atom stereocenters. The van der Waals surface area contributed by atoms with Gasteiger partial charge in [0.25, 0.3) is 8.32 Å². The topological polar surface area (TPSA) is 25.0 Å². The van der Waals surface area contributed by atoms with E-state index in [1.165, 1.54) is 0 Å². The molecular weight excluding hydrogens is 342 g/mol. The lowest BCUT2D eigenvalue weighted by Crippen LogP contribution is -2.43. The van der Waals surface area contributed by atoms with Gasteiger partial charge in [0.15, 0.2) is 0 Å². The maximum Gasteiger partial charge on any atom is 0.250 e. The Hall–Kier alpha value is -0.453. The van der Waals surface area contributed by atoms with Crippen LogP contribution in [0.5, 0.6) is 5.75 Å². The third-order valence-corrected chi connectivity index (χ3v) is 9.50. The molecular formula is C14H19BrClNOSi. The Morgan fingerprint density at radius 2 is 1.89 bits per heavy atom. The van der Waals surface area contributed by atoms with Gasteiger partial charge in [0.2, 0.25) is 0 Å². The van der Waals surface area contributed by atoms with E-state index in [-0.39, 0.29) is 5.04 Å². The van der Waals surface area contributed by atoms with Crippen molar-refractivity contribution in [3.63, 3.8) is 0 Å². The van der Waals surface area contributed by atoms with Crippen molar-refractivity contribution < 1.29 is 4.43 Å². The molecule has 0 saturated carbocycles.